The summed E-state index contributed by atoms with van der Waals surface area (Å²) in [5, 5.41) is 0.630. The van der Waals surface area contributed by atoms with Crippen molar-refractivity contribution in [1.29, 1.82) is 0 Å². The molecule has 0 aliphatic heterocycles. The van der Waals surface area contributed by atoms with Crippen LogP contribution in [0.25, 0.3) is 11.0 Å². The summed E-state index contributed by atoms with van der Waals surface area (Å²) in [5.41, 5.74) is 7.21. The van der Waals surface area contributed by atoms with E-state index in [2.05, 4.69) is 15.9 Å². The second-order valence-electron chi connectivity index (χ2n) is 4.51. The van der Waals surface area contributed by atoms with Gasteiger partial charge in [0.15, 0.2) is 0 Å². The van der Waals surface area contributed by atoms with E-state index in [1.165, 1.54) is 24.3 Å². The van der Waals surface area contributed by atoms with Crippen LogP contribution < -0.4 is 5.73 Å². The Bertz CT molecular complexity index is 764. The molecule has 20 heavy (non-hydrogen) atoms. The van der Waals surface area contributed by atoms with Gasteiger partial charge in [0.1, 0.15) is 23.0 Å². The molecule has 0 saturated heterocycles. The molecule has 0 saturated carbocycles. The average Bonchev–Trinajstić information content (AvgIpc) is 2.79. The van der Waals surface area contributed by atoms with Crippen molar-refractivity contribution in [1.82, 2.24) is 0 Å². The predicted octanol–water partition coefficient (Wildman–Crippen LogP) is 4.52. The molecule has 3 aromatic rings. The van der Waals surface area contributed by atoms with Gasteiger partial charge in [-0.25, -0.2) is 8.78 Å². The first-order chi connectivity index (χ1) is 9.52. The van der Waals surface area contributed by atoms with Crippen molar-refractivity contribution in [2.24, 2.45) is 5.73 Å². The van der Waals surface area contributed by atoms with E-state index in [0.29, 0.717) is 26.8 Å². The molecule has 5 heteroatoms. The van der Waals surface area contributed by atoms with Crippen LogP contribution in [0.4, 0.5) is 8.78 Å². The summed E-state index contributed by atoms with van der Waals surface area (Å²) in [5.74, 6) is -0.262. The number of furan rings is 1. The van der Waals surface area contributed by atoms with E-state index in [1.54, 1.807) is 18.2 Å². The molecule has 0 radical (unpaired) electrons. The maximum Gasteiger partial charge on any atom is 0.134 e. The number of rotatable bonds is 2. The normalized spacial score (nSPS) is 12.8. The first-order valence-corrected chi connectivity index (χ1v) is 6.73. The Balaban J connectivity index is 2.05. The smallest absolute Gasteiger partial charge is 0.134 e. The van der Waals surface area contributed by atoms with Crippen LogP contribution in [0.3, 0.4) is 0 Å². The quantitative estimate of drug-likeness (QED) is 0.746. The summed E-state index contributed by atoms with van der Waals surface area (Å²) >= 11 is 3.22. The summed E-state index contributed by atoms with van der Waals surface area (Å²) in [6.07, 6.45) is 0. The summed E-state index contributed by atoms with van der Waals surface area (Å²) in [6, 6.07) is 9.72. The zero-order chi connectivity index (χ0) is 14.3. The highest BCUT2D eigenvalue weighted by Gasteiger charge is 2.16. The lowest BCUT2D eigenvalue weighted by Crippen LogP contribution is -2.11. The van der Waals surface area contributed by atoms with E-state index in [4.69, 9.17) is 10.2 Å². The van der Waals surface area contributed by atoms with Crippen molar-refractivity contribution in [3.63, 3.8) is 0 Å². The summed E-state index contributed by atoms with van der Waals surface area (Å²) < 4.78 is 32.7. The summed E-state index contributed by atoms with van der Waals surface area (Å²) in [4.78, 5) is 0. The SMILES string of the molecule is NC(c1cc(F)cc(Br)c1)c1cc2cc(F)ccc2o1. The van der Waals surface area contributed by atoms with E-state index in [-0.39, 0.29) is 11.6 Å². The molecule has 102 valence electrons. The fraction of sp³-hybridized carbons (Fsp3) is 0.0667. The standard InChI is InChI=1S/C15H10BrF2NO/c16-10-3-9(5-12(18)7-10)15(19)14-6-8-4-11(17)1-2-13(8)20-14/h1-7,15H,19H2. The number of nitrogens with two attached hydrogens (primary N) is 1. The number of hydrogen-bond donors (Lipinski definition) is 1. The lowest BCUT2D eigenvalue weighted by molar-refractivity contribution is 0.522. The van der Waals surface area contributed by atoms with Gasteiger partial charge in [0.05, 0.1) is 6.04 Å². The molecular weight excluding hydrogens is 328 g/mol. The fourth-order valence-corrected chi connectivity index (χ4v) is 2.59. The largest absolute Gasteiger partial charge is 0.459 e. The molecule has 0 amide bonds. The molecule has 0 spiro atoms. The van der Waals surface area contributed by atoms with Gasteiger partial charge in [-0.1, -0.05) is 15.9 Å². The number of halogens is 3. The first kappa shape index (κ1) is 13.3. The zero-order valence-electron chi connectivity index (χ0n) is 10.2. The zero-order valence-corrected chi connectivity index (χ0v) is 11.8. The van der Waals surface area contributed by atoms with E-state index in [0.717, 1.165) is 0 Å². The molecule has 2 N–H and O–H groups in total. The van der Waals surface area contributed by atoms with Gasteiger partial charge in [-0.05, 0) is 48.0 Å². The Hall–Kier alpha value is -1.72. The minimum atomic E-state index is -0.613. The van der Waals surface area contributed by atoms with Crippen LogP contribution in [0.2, 0.25) is 0 Å². The molecule has 0 aliphatic rings. The second kappa shape index (κ2) is 5.00. The molecule has 1 atom stereocenters. The third kappa shape index (κ3) is 2.46. The first-order valence-electron chi connectivity index (χ1n) is 5.93. The van der Waals surface area contributed by atoms with Crippen molar-refractivity contribution in [2.75, 3.05) is 0 Å². The van der Waals surface area contributed by atoms with Crippen molar-refractivity contribution in [3.05, 3.63) is 69.9 Å². The van der Waals surface area contributed by atoms with Crippen molar-refractivity contribution in [2.45, 2.75) is 6.04 Å². The molecule has 0 fully saturated rings. The molecule has 3 rings (SSSR count). The van der Waals surface area contributed by atoms with E-state index >= 15 is 0 Å². The van der Waals surface area contributed by atoms with E-state index in [1.807, 2.05) is 0 Å². The summed E-state index contributed by atoms with van der Waals surface area (Å²) in [7, 11) is 0. The molecule has 2 aromatic carbocycles. The van der Waals surface area contributed by atoms with Gasteiger partial charge in [-0.3, -0.25) is 0 Å². The van der Waals surface area contributed by atoms with Crippen molar-refractivity contribution in [3.8, 4) is 0 Å². The molecule has 1 aromatic heterocycles. The van der Waals surface area contributed by atoms with Crippen molar-refractivity contribution < 1.29 is 13.2 Å². The fourth-order valence-electron chi connectivity index (χ4n) is 2.11. The highest BCUT2D eigenvalue weighted by Crippen LogP contribution is 2.29. The van der Waals surface area contributed by atoms with Crippen LogP contribution in [0.15, 0.2) is 51.4 Å². The van der Waals surface area contributed by atoms with Gasteiger partial charge in [0.25, 0.3) is 0 Å². The van der Waals surface area contributed by atoms with Gasteiger partial charge in [0.2, 0.25) is 0 Å². The molecule has 1 unspecified atom stereocenters. The van der Waals surface area contributed by atoms with Crippen molar-refractivity contribution >= 4 is 26.9 Å². The lowest BCUT2D eigenvalue weighted by Gasteiger charge is -2.09. The monoisotopic (exact) mass is 337 g/mol. The van der Waals surface area contributed by atoms with Crippen LogP contribution in [-0.2, 0) is 0 Å². The number of hydrogen-bond acceptors (Lipinski definition) is 2. The van der Waals surface area contributed by atoms with Gasteiger partial charge in [0, 0.05) is 9.86 Å². The number of benzene rings is 2. The highest BCUT2D eigenvalue weighted by atomic mass is 79.9. The minimum absolute atomic E-state index is 0.341. The Morgan fingerprint density at radius 3 is 2.55 bits per heavy atom. The Kier molecular flexibility index (Phi) is 3.31. The Morgan fingerprint density at radius 2 is 1.80 bits per heavy atom. The van der Waals surface area contributed by atoms with Gasteiger partial charge in [-0.15, -0.1) is 0 Å². The molecule has 1 heterocycles. The van der Waals surface area contributed by atoms with Crippen LogP contribution >= 0.6 is 15.9 Å². The maximum absolute atomic E-state index is 13.4. The second-order valence-corrected chi connectivity index (χ2v) is 5.43. The maximum atomic E-state index is 13.4. The van der Waals surface area contributed by atoms with Gasteiger partial charge >= 0.3 is 0 Å². The average molecular weight is 338 g/mol. The third-order valence-corrected chi connectivity index (χ3v) is 3.51. The van der Waals surface area contributed by atoms with Crippen LogP contribution in [0, 0.1) is 11.6 Å². The number of fused-ring (bicyclic) bond motifs is 1. The molecular formula is C15H10BrF2NO. The molecule has 2 nitrogen and oxygen atoms in total. The third-order valence-electron chi connectivity index (χ3n) is 3.05. The van der Waals surface area contributed by atoms with Crippen LogP contribution in [0.1, 0.15) is 17.4 Å². The van der Waals surface area contributed by atoms with Gasteiger partial charge < -0.3 is 10.2 Å². The highest BCUT2D eigenvalue weighted by molar-refractivity contribution is 9.10. The van der Waals surface area contributed by atoms with E-state index in [9.17, 15) is 8.78 Å². The van der Waals surface area contributed by atoms with Gasteiger partial charge in [-0.2, -0.15) is 0 Å². The van der Waals surface area contributed by atoms with E-state index < -0.39 is 6.04 Å². The van der Waals surface area contributed by atoms with Crippen LogP contribution in [-0.4, -0.2) is 0 Å². The topological polar surface area (TPSA) is 39.2 Å². The Labute approximate surface area is 122 Å². The van der Waals surface area contributed by atoms with Crippen LogP contribution in [0.5, 0.6) is 0 Å². The summed E-state index contributed by atoms with van der Waals surface area (Å²) in [6.45, 7) is 0. The lowest BCUT2D eigenvalue weighted by atomic mass is 10.1. The molecule has 0 bridgehead atoms. The predicted molar refractivity (Wildman–Crippen MR) is 76.3 cm³/mol. The molecule has 0 aliphatic carbocycles. The minimum Gasteiger partial charge on any atom is -0.459 e. The Morgan fingerprint density at radius 1 is 1.00 bits per heavy atom.